The van der Waals surface area contributed by atoms with Crippen LogP contribution in [0.1, 0.15) is 38.5 Å². The van der Waals surface area contributed by atoms with Crippen molar-refractivity contribution in [2.24, 2.45) is 15.8 Å². The highest BCUT2D eigenvalue weighted by Crippen LogP contribution is 2.32. The Kier molecular flexibility index (Phi) is 4.97. The molecule has 0 unspecified atom stereocenters. The number of rotatable bonds is 5. The summed E-state index contributed by atoms with van der Waals surface area (Å²) in [6, 6.07) is 9.74. The molecular formula is C21H23N5O2. The molecule has 1 aliphatic carbocycles. The summed E-state index contributed by atoms with van der Waals surface area (Å²) in [6.45, 7) is 5.66. The molecule has 0 saturated heterocycles. The molecule has 28 heavy (non-hydrogen) atoms. The number of oxazole rings is 1. The Morgan fingerprint density at radius 3 is 2.75 bits per heavy atom. The molecule has 2 N–H and O–H groups in total. The average Bonchev–Trinajstić information content (AvgIpc) is 3.41. The first-order chi connectivity index (χ1) is 13.7. The van der Waals surface area contributed by atoms with Crippen LogP contribution in [0.5, 0.6) is 11.6 Å². The van der Waals surface area contributed by atoms with Crippen LogP contribution in [0.4, 0.5) is 0 Å². The second-order valence-corrected chi connectivity index (χ2v) is 6.77. The summed E-state index contributed by atoms with van der Waals surface area (Å²) >= 11 is 0. The standard InChI is InChI=1S/C21H23N5O2/c1-3-17-19(21-24-18(13-27-21)28-16-11-5-4-6-12-16)25-26(15-9-7-8-10-15)20(17)23-14(2)22/h3-6,11-13,15H,2,7-10,22H2,1H3/b17-3-,23-20+. The van der Waals surface area contributed by atoms with Crippen molar-refractivity contribution in [1.82, 2.24) is 9.99 Å². The SMILES string of the molecule is C=C(N)/N=C1\C(=C/C)C(c2nc(Oc3ccccc3)co2)=NN1C1CCCC1. The molecule has 0 atom stereocenters. The molecule has 7 heteroatoms. The predicted molar refractivity (Wildman–Crippen MR) is 108 cm³/mol. The summed E-state index contributed by atoms with van der Waals surface area (Å²) in [6.07, 6.45) is 7.92. The Morgan fingerprint density at radius 2 is 2.07 bits per heavy atom. The number of aliphatic imine (C=N–C) groups is 1. The third-order valence-corrected chi connectivity index (χ3v) is 4.78. The van der Waals surface area contributed by atoms with E-state index in [-0.39, 0.29) is 5.82 Å². The number of hydrogen-bond acceptors (Lipinski definition) is 6. The normalized spacial score (nSPS) is 20.2. The van der Waals surface area contributed by atoms with Crippen LogP contribution in [0.25, 0.3) is 0 Å². The molecule has 2 aliphatic rings. The largest absolute Gasteiger partial charge is 0.439 e. The van der Waals surface area contributed by atoms with Gasteiger partial charge in [-0.3, -0.25) is 0 Å². The van der Waals surface area contributed by atoms with Crippen LogP contribution in [0.3, 0.4) is 0 Å². The van der Waals surface area contributed by atoms with Crippen LogP contribution in [0.15, 0.2) is 75.2 Å². The molecule has 1 aliphatic heterocycles. The molecule has 0 bridgehead atoms. The van der Waals surface area contributed by atoms with E-state index in [0.717, 1.165) is 18.4 Å². The van der Waals surface area contributed by atoms with Crippen molar-refractivity contribution >= 4 is 11.5 Å². The zero-order valence-corrected chi connectivity index (χ0v) is 15.8. The number of para-hydroxylation sites is 1. The molecule has 1 saturated carbocycles. The Balaban J connectivity index is 1.66. The summed E-state index contributed by atoms with van der Waals surface area (Å²) in [5.41, 5.74) is 7.23. The maximum absolute atomic E-state index is 5.78. The lowest BCUT2D eigenvalue weighted by Gasteiger charge is -2.22. The fraction of sp³-hybridized carbons (Fsp3) is 0.286. The van der Waals surface area contributed by atoms with Gasteiger partial charge in [0, 0.05) is 5.57 Å². The number of hydrazone groups is 1. The molecule has 2 aromatic rings. The lowest BCUT2D eigenvalue weighted by atomic mass is 10.1. The molecule has 144 valence electrons. The molecule has 0 spiro atoms. The molecule has 1 fully saturated rings. The van der Waals surface area contributed by atoms with Gasteiger partial charge in [0.1, 0.15) is 11.6 Å². The third kappa shape index (κ3) is 3.55. The number of nitrogens with two attached hydrogens (primary N) is 1. The van der Waals surface area contributed by atoms with Gasteiger partial charge in [0.15, 0.2) is 17.8 Å². The number of allylic oxidation sites excluding steroid dienone is 1. The lowest BCUT2D eigenvalue weighted by Crippen LogP contribution is -2.32. The van der Waals surface area contributed by atoms with Crippen molar-refractivity contribution in [1.29, 1.82) is 0 Å². The minimum absolute atomic E-state index is 0.245. The van der Waals surface area contributed by atoms with Crippen molar-refractivity contribution in [3.05, 3.63) is 66.5 Å². The van der Waals surface area contributed by atoms with Crippen LogP contribution in [0.2, 0.25) is 0 Å². The monoisotopic (exact) mass is 377 g/mol. The maximum atomic E-state index is 5.78. The van der Waals surface area contributed by atoms with Gasteiger partial charge in [-0.1, -0.05) is 43.7 Å². The summed E-state index contributed by atoms with van der Waals surface area (Å²) in [5, 5.41) is 6.73. The Morgan fingerprint density at radius 1 is 1.32 bits per heavy atom. The third-order valence-electron chi connectivity index (χ3n) is 4.78. The van der Waals surface area contributed by atoms with Crippen molar-refractivity contribution in [3.63, 3.8) is 0 Å². The zero-order chi connectivity index (χ0) is 19.5. The number of nitrogens with zero attached hydrogens (tertiary/aromatic N) is 4. The van der Waals surface area contributed by atoms with Gasteiger partial charge in [-0.2, -0.15) is 10.1 Å². The summed E-state index contributed by atoms with van der Waals surface area (Å²) in [7, 11) is 0. The number of hydrogen-bond donors (Lipinski definition) is 1. The van der Waals surface area contributed by atoms with Crippen LogP contribution in [0, 0.1) is 0 Å². The van der Waals surface area contributed by atoms with Crippen LogP contribution in [-0.2, 0) is 0 Å². The van der Waals surface area contributed by atoms with Crippen molar-refractivity contribution in [2.75, 3.05) is 0 Å². The molecule has 7 nitrogen and oxygen atoms in total. The Bertz CT molecular complexity index is 952. The molecule has 2 heterocycles. The van der Waals surface area contributed by atoms with Crippen molar-refractivity contribution in [2.45, 2.75) is 38.6 Å². The predicted octanol–water partition coefficient (Wildman–Crippen LogP) is 4.20. The van der Waals surface area contributed by atoms with Crippen molar-refractivity contribution < 1.29 is 9.15 Å². The Labute approximate surface area is 163 Å². The van der Waals surface area contributed by atoms with E-state index in [1.807, 2.05) is 48.3 Å². The van der Waals surface area contributed by atoms with Gasteiger partial charge in [-0.25, -0.2) is 10.0 Å². The van der Waals surface area contributed by atoms with Crippen LogP contribution >= 0.6 is 0 Å². The maximum Gasteiger partial charge on any atom is 0.258 e. The first kappa shape index (κ1) is 18.0. The number of ether oxygens (including phenoxy) is 1. The minimum Gasteiger partial charge on any atom is -0.439 e. The van der Waals surface area contributed by atoms with E-state index in [2.05, 4.69) is 16.6 Å². The van der Waals surface area contributed by atoms with E-state index in [9.17, 15) is 0 Å². The smallest absolute Gasteiger partial charge is 0.258 e. The highest BCUT2D eigenvalue weighted by Gasteiger charge is 2.36. The topological polar surface area (TPSA) is 89.2 Å². The minimum atomic E-state index is 0.245. The Hall–Kier alpha value is -3.35. The summed E-state index contributed by atoms with van der Waals surface area (Å²) < 4.78 is 11.4. The molecular weight excluding hydrogens is 354 g/mol. The first-order valence-corrected chi connectivity index (χ1v) is 9.42. The lowest BCUT2D eigenvalue weighted by molar-refractivity contribution is 0.336. The molecule has 4 rings (SSSR count). The van der Waals surface area contributed by atoms with Gasteiger partial charge >= 0.3 is 0 Å². The fourth-order valence-electron chi connectivity index (χ4n) is 3.54. The van der Waals surface area contributed by atoms with E-state index in [1.165, 1.54) is 19.1 Å². The van der Waals surface area contributed by atoms with E-state index in [4.69, 9.17) is 20.0 Å². The number of benzene rings is 1. The summed E-state index contributed by atoms with van der Waals surface area (Å²) in [5.74, 6) is 2.39. The first-order valence-electron chi connectivity index (χ1n) is 9.42. The van der Waals surface area contributed by atoms with Gasteiger partial charge in [-0.05, 0) is 31.9 Å². The second-order valence-electron chi connectivity index (χ2n) is 6.77. The molecule has 1 aromatic carbocycles. The van der Waals surface area contributed by atoms with Crippen LogP contribution < -0.4 is 10.5 Å². The number of amidine groups is 1. The van der Waals surface area contributed by atoms with E-state index >= 15 is 0 Å². The second kappa shape index (κ2) is 7.72. The zero-order valence-electron chi connectivity index (χ0n) is 15.8. The average molecular weight is 377 g/mol. The summed E-state index contributed by atoms with van der Waals surface area (Å²) in [4.78, 5) is 8.91. The van der Waals surface area contributed by atoms with E-state index < -0.39 is 0 Å². The van der Waals surface area contributed by atoms with Gasteiger partial charge in [0.2, 0.25) is 0 Å². The number of aromatic nitrogens is 1. The quantitative estimate of drug-likeness (QED) is 0.843. The highest BCUT2D eigenvalue weighted by atomic mass is 16.5. The highest BCUT2D eigenvalue weighted by molar-refractivity contribution is 6.31. The van der Waals surface area contributed by atoms with Gasteiger partial charge < -0.3 is 14.9 Å². The van der Waals surface area contributed by atoms with E-state index in [1.54, 1.807) is 0 Å². The molecule has 1 aromatic heterocycles. The van der Waals surface area contributed by atoms with Gasteiger partial charge in [0.05, 0.1) is 6.04 Å². The van der Waals surface area contributed by atoms with E-state index in [0.29, 0.717) is 35.1 Å². The van der Waals surface area contributed by atoms with Crippen LogP contribution in [-0.4, -0.2) is 27.6 Å². The van der Waals surface area contributed by atoms with Gasteiger partial charge in [-0.15, -0.1) is 0 Å². The molecule has 0 radical (unpaired) electrons. The fourth-order valence-corrected chi connectivity index (χ4v) is 3.54. The molecule has 0 amide bonds. The van der Waals surface area contributed by atoms with Gasteiger partial charge in [0.25, 0.3) is 11.8 Å². The van der Waals surface area contributed by atoms with Crippen molar-refractivity contribution in [3.8, 4) is 11.6 Å².